The second-order valence-corrected chi connectivity index (χ2v) is 4.71. The molecule has 4 nitrogen and oxygen atoms in total. The Morgan fingerprint density at radius 2 is 2.05 bits per heavy atom. The summed E-state index contributed by atoms with van der Waals surface area (Å²) >= 11 is 0. The van der Waals surface area contributed by atoms with E-state index >= 15 is 0 Å². The van der Waals surface area contributed by atoms with E-state index in [2.05, 4.69) is 0 Å². The van der Waals surface area contributed by atoms with Gasteiger partial charge in [-0.15, -0.1) is 0 Å². The number of methoxy groups -OCH3 is 1. The first-order chi connectivity index (χ1) is 10.1. The van der Waals surface area contributed by atoms with Crippen LogP contribution < -0.4 is 0 Å². The molecule has 5 heteroatoms. The predicted molar refractivity (Wildman–Crippen MR) is 76.5 cm³/mol. The van der Waals surface area contributed by atoms with Crippen molar-refractivity contribution >= 4 is 5.91 Å². The van der Waals surface area contributed by atoms with Gasteiger partial charge in [0.15, 0.2) is 0 Å². The van der Waals surface area contributed by atoms with E-state index in [1.54, 1.807) is 19.2 Å². The minimum absolute atomic E-state index is 0.0527. The van der Waals surface area contributed by atoms with E-state index in [-0.39, 0.29) is 18.0 Å². The van der Waals surface area contributed by atoms with Crippen molar-refractivity contribution in [3.8, 4) is 0 Å². The second-order valence-electron chi connectivity index (χ2n) is 4.71. The molecule has 112 valence electrons. The van der Waals surface area contributed by atoms with Gasteiger partial charge in [0.2, 0.25) is 0 Å². The molecule has 0 fully saturated rings. The summed E-state index contributed by atoms with van der Waals surface area (Å²) in [6.07, 6.45) is 0. The van der Waals surface area contributed by atoms with E-state index < -0.39 is 5.82 Å². The molecule has 0 aliphatic heterocycles. The van der Waals surface area contributed by atoms with Crippen LogP contribution in [-0.4, -0.2) is 31.1 Å². The Bertz CT molecular complexity index is 609. The van der Waals surface area contributed by atoms with Gasteiger partial charge in [0, 0.05) is 13.7 Å². The van der Waals surface area contributed by atoms with E-state index in [4.69, 9.17) is 9.15 Å². The Labute approximate surface area is 123 Å². The minimum Gasteiger partial charge on any atom is -0.464 e. The molecule has 0 bridgehead atoms. The van der Waals surface area contributed by atoms with Gasteiger partial charge in [0.1, 0.15) is 17.3 Å². The zero-order chi connectivity index (χ0) is 15.2. The van der Waals surface area contributed by atoms with E-state index in [9.17, 15) is 9.18 Å². The van der Waals surface area contributed by atoms with Gasteiger partial charge in [-0.3, -0.25) is 4.79 Å². The zero-order valence-corrected chi connectivity index (χ0v) is 12.1. The number of furan rings is 1. The van der Waals surface area contributed by atoms with Gasteiger partial charge in [0.05, 0.1) is 18.7 Å². The molecule has 0 aliphatic carbocycles. The fourth-order valence-corrected chi connectivity index (χ4v) is 2.02. The Hall–Kier alpha value is -2.14. The van der Waals surface area contributed by atoms with Gasteiger partial charge in [0.25, 0.3) is 5.91 Å². The molecule has 0 saturated carbocycles. The Morgan fingerprint density at radius 3 is 2.67 bits per heavy atom. The number of halogens is 1. The van der Waals surface area contributed by atoms with Crippen molar-refractivity contribution in [2.75, 3.05) is 20.3 Å². The highest BCUT2D eigenvalue weighted by molar-refractivity contribution is 5.94. The largest absolute Gasteiger partial charge is 0.464 e. The van der Waals surface area contributed by atoms with Gasteiger partial charge in [-0.2, -0.15) is 0 Å². The molecule has 1 amide bonds. The highest BCUT2D eigenvalue weighted by Crippen LogP contribution is 2.14. The summed E-state index contributed by atoms with van der Waals surface area (Å²) in [5.74, 6) is 0.531. The molecule has 1 heterocycles. The van der Waals surface area contributed by atoms with E-state index in [1.165, 1.54) is 17.0 Å². The van der Waals surface area contributed by atoms with Gasteiger partial charge in [-0.1, -0.05) is 12.1 Å². The van der Waals surface area contributed by atoms with Crippen LogP contribution in [0, 0.1) is 12.7 Å². The third-order valence-electron chi connectivity index (χ3n) is 3.10. The summed E-state index contributed by atoms with van der Waals surface area (Å²) in [4.78, 5) is 14.0. The van der Waals surface area contributed by atoms with Crippen molar-refractivity contribution in [3.05, 3.63) is 59.3 Å². The molecule has 0 saturated heterocycles. The number of hydrogen-bond acceptors (Lipinski definition) is 3. The molecule has 0 aliphatic rings. The number of rotatable bonds is 6. The topological polar surface area (TPSA) is 42.7 Å². The molecule has 0 N–H and O–H groups in total. The lowest BCUT2D eigenvalue weighted by molar-refractivity contribution is 0.0661. The van der Waals surface area contributed by atoms with Gasteiger partial charge in [-0.25, -0.2) is 4.39 Å². The number of amides is 1. The summed E-state index contributed by atoms with van der Waals surface area (Å²) in [6.45, 7) is 2.86. The number of benzene rings is 1. The van der Waals surface area contributed by atoms with Gasteiger partial charge >= 0.3 is 0 Å². The summed E-state index contributed by atoms with van der Waals surface area (Å²) in [5.41, 5.74) is 0.0527. The maximum Gasteiger partial charge on any atom is 0.257 e. The number of hydrogen-bond donors (Lipinski definition) is 0. The van der Waals surface area contributed by atoms with Gasteiger partial charge < -0.3 is 14.1 Å². The van der Waals surface area contributed by atoms with Gasteiger partial charge in [-0.05, 0) is 31.2 Å². The lowest BCUT2D eigenvalue weighted by atomic mass is 10.2. The first-order valence-electron chi connectivity index (χ1n) is 6.70. The van der Waals surface area contributed by atoms with E-state index in [1.807, 2.05) is 19.1 Å². The molecule has 0 radical (unpaired) electrons. The molecule has 1 aromatic heterocycles. The molecule has 2 aromatic rings. The van der Waals surface area contributed by atoms with Crippen molar-refractivity contribution in [1.82, 2.24) is 4.90 Å². The fourth-order valence-electron chi connectivity index (χ4n) is 2.02. The van der Waals surface area contributed by atoms with Crippen molar-refractivity contribution in [1.29, 1.82) is 0 Å². The zero-order valence-electron chi connectivity index (χ0n) is 12.1. The van der Waals surface area contributed by atoms with E-state index in [0.717, 1.165) is 5.76 Å². The maximum absolute atomic E-state index is 13.8. The van der Waals surface area contributed by atoms with Crippen LogP contribution in [0.3, 0.4) is 0 Å². The van der Waals surface area contributed by atoms with Crippen LogP contribution in [0.15, 0.2) is 40.8 Å². The molecule has 0 atom stereocenters. The van der Waals surface area contributed by atoms with Crippen LogP contribution in [0.25, 0.3) is 0 Å². The Kier molecular flexibility index (Phi) is 5.11. The highest BCUT2D eigenvalue weighted by Gasteiger charge is 2.20. The van der Waals surface area contributed by atoms with Crippen molar-refractivity contribution in [2.24, 2.45) is 0 Å². The van der Waals surface area contributed by atoms with Crippen LogP contribution >= 0.6 is 0 Å². The van der Waals surface area contributed by atoms with Crippen LogP contribution in [0.4, 0.5) is 4.39 Å². The summed E-state index contributed by atoms with van der Waals surface area (Å²) in [6, 6.07) is 9.59. The molecular formula is C16H18FNO3. The van der Waals surface area contributed by atoms with E-state index in [0.29, 0.717) is 18.9 Å². The number of ether oxygens (including phenoxy) is 1. The third kappa shape index (κ3) is 3.92. The average Bonchev–Trinajstić information content (AvgIpc) is 2.88. The fraction of sp³-hybridized carbons (Fsp3) is 0.312. The number of carbonyl (C=O) groups excluding carboxylic acids is 1. The summed E-state index contributed by atoms with van der Waals surface area (Å²) in [7, 11) is 1.56. The molecule has 0 unspecified atom stereocenters. The smallest absolute Gasteiger partial charge is 0.257 e. The lowest BCUT2D eigenvalue weighted by Crippen LogP contribution is -2.33. The normalized spacial score (nSPS) is 10.6. The number of aryl methyl sites for hydroxylation is 1. The van der Waals surface area contributed by atoms with Crippen LogP contribution in [0.1, 0.15) is 21.9 Å². The summed E-state index contributed by atoms with van der Waals surface area (Å²) in [5, 5.41) is 0. The summed E-state index contributed by atoms with van der Waals surface area (Å²) < 4.78 is 24.3. The number of carbonyl (C=O) groups is 1. The maximum atomic E-state index is 13.8. The lowest BCUT2D eigenvalue weighted by Gasteiger charge is -2.21. The molecule has 1 aromatic carbocycles. The SMILES string of the molecule is COCCN(Cc1ccc(C)o1)C(=O)c1ccccc1F. The van der Waals surface area contributed by atoms with Crippen molar-refractivity contribution in [2.45, 2.75) is 13.5 Å². The van der Waals surface area contributed by atoms with Crippen LogP contribution in [-0.2, 0) is 11.3 Å². The van der Waals surface area contributed by atoms with Crippen LogP contribution in [0.5, 0.6) is 0 Å². The Balaban J connectivity index is 2.18. The molecule has 0 spiro atoms. The molecule has 21 heavy (non-hydrogen) atoms. The first-order valence-corrected chi connectivity index (χ1v) is 6.70. The van der Waals surface area contributed by atoms with Crippen molar-refractivity contribution in [3.63, 3.8) is 0 Å². The molecule has 2 rings (SSSR count). The second kappa shape index (κ2) is 7.04. The average molecular weight is 291 g/mol. The third-order valence-corrected chi connectivity index (χ3v) is 3.10. The molecular weight excluding hydrogens is 273 g/mol. The number of nitrogens with zero attached hydrogens (tertiary/aromatic N) is 1. The van der Waals surface area contributed by atoms with Crippen molar-refractivity contribution < 1.29 is 18.3 Å². The Morgan fingerprint density at radius 1 is 1.29 bits per heavy atom. The predicted octanol–water partition coefficient (Wildman–Crippen LogP) is 3.02. The highest BCUT2D eigenvalue weighted by atomic mass is 19.1. The first kappa shape index (κ1) is 15.3. The van der Waals surface area contributed by atoms with Crippen LogP contribution in [0.2, 0.25) is 0 Å². The monoisotopic (exact) mass is 291 g/mol. The quantitative estimate of drug-likeness (QED) is 0.821. The standard InChI is InChI=1S/C16H18FNO3/c1-12-7-8-13(21-12)11-18(9-10-20-2)16(19)14-5-3-4-6-15(14)17/h3-8H,9-11H2,1-2H3. The minimum atomic E-state index is -0.527.